The maximum absolute atomic E-state index is 13.6. The van der Waals surface area contributed by atoms with Crippen LogP contribution in [0.2, 0.25) is 0 Å². The fourth-order valence-electron chi connectivity index (χ4n) is 1.73. The lowest BCUT2D eigenvalue weighted by atomic mass is 10.1. The molecule has 1 unspecified atom stereocenters. The Labute approximate surface area is 123 Å². The molecule has 4 heteroatoms. The van der Waals surface area contributed by atoms with Gasteiger partial charge in [-0.2, -0.15) is 0 Å². The third kappa shape index (κ3) is 6.50. The highest BCUT2D eigenvalue weighted by molar-refractivity contribution is 9.10. The van der Waals surface area contributed by atoms with Crippen LogP contribution in [-0.4, -0.2) is 19.8 Å². The second kappa shape index (κ2) is 8.67. The zero-order valence-corrected chi connectivity index (χ0v) is 13.5. The first-order chi connectivity index (χ1) is 9.00. The molecule has 1 atom stereocenters. The van der Waals surface area contributed by atoms with Gasteiger partial charge in [-0.25, -0.2) is 4.39 Å². The summed E-state index contributed by atoms with van der Waals surface area (Å²) in [5.41, 5.74) is 0.677. The fraction of sp³-hybridized carbons (Fsp3) is 0.600. The van der Waals surface area contributed by atoms with E-state index in [9.17, 15) is 4.39 Å². The van der Waals surface area contributed by atoms with E-state index in [0.717, 1.165) is 24.0 Å². The Balaban J connectivity index is 2.27. The lowest BCUT2D eigenvalue weighted by molar-refractivity contribution is 0.123. The molecule has 2 nitrogen and oxygen atoms in total. The molecule has 0 bridgehead atoms. The molecular formula is C15H23BrFNO. The Kier molecular flexibility index (Phi) is 7.57. The molecule has 1 aromatic rings. The molecule has 0 aliphatic carbocycles. The predicted molar refractivity (Wildman–Crippen MR) is 80.8 cm³/mol. The van der Waals surface area contributed by atoms with Gasteiger partial charge in [-0.05, 0) is 37.5 Å². The molecule has 108 valence electrons. The summed E-state index contributed by atoms with van der Waals surface area (Å²) >= 11 is 3.36. The van der Waals surface area contributed by atoms with Crippen LogP contribution < -0.4 is 5.32 Å². The quantitative estimate of drug-likeness (QED) is 0.717. The van der Waals surface area contributed by atoms with E-state index < -0.39 is 0 Å². The van der Waals surface area contributed by atoms with Gasteiger partial charge in [0, 0.05) is 29.2 Å². The topological polar surface area (TPSA) is 21.3 Å². The summed E-state index contributed by atoms with van der Waals surface area (Å²) in [6.45, 7) is 8.50. The van der Waals surface area contributed by atoms with E-state index in [1.807, 2.05) is 13.0 Å². The summed E-state index contributed by atoms with van der Waals surface area (Å²) in [5, 5.41) is 3.27. The molecule has 1 N–H and O–H groups in total. The average Bonchev–Trinajstić information content (AvgIpc) is 2.36. The van der Waals surface area contributed by atoms with E-state index in [-0.39, 0.29) is 11.9 Å². The van der Waals surface area contributed by atoms with Gasteiger partial charge in [0.25, 0.3) is 0 Å². The number of halogens is 2. The molecule has 1 rings (SSSR count). The monoisotopic (exact) mass is 331 g/mol. The van der Waals surface area contributed by atoms with Crippen LogP contribution in [0.4, 0.5) is 4.39 Å². The van der Waals surface area contributed by atoms with Gasteiger partial charge in [-0.15, -0.1) is 0 Å². The third-order valence-corrected chi connectivity index (χ3v) is 3.45. The Morgan fingerprint density at radius 2 is 2.00 bits per heavy atom. The van der Waals surface area contributed by atoms with Crippen molar-refractivity contribution in [1.29, 1.82) is 0 Å². The second-order valence-corrected chi connectivity index (χ2v) is 6.05. The Bertz CT molecular complexity index is 384. The molecule has 0 saturated heterocycles. The van der Waals surface area contributed by atoms with Gasteiger partial charge in [0.05, 0.1) is 6.61 Å². The molecule has 1 aromatic carbocycles. The summed E-state index contributed by atoms with van der Waals surface area (Å²) < 4.78 is 20.1. The van der Waals surface area contributed by atoms with Crippen LogP contribution in [0, 0.1) is 11.7 Å². The summed E-state index contributed by atoms with van der Waals surface area (Å²) in [5.74, 6) is 0.492. The number of ether oxygens (including phenoxy) is 1. The van der Waals surface area contributed by atoms with Gasteiger partial charge in [0.15, 0.2) is 0 Å². The molecule has 19 heavy (non-hydrogen) atoms. The highest BCUT2D eigenvalue weighted by Crippen LogP contribution is 2.21. The zero-order chi connectivity index (χ0) is 14.3. The normalized spacial score (nSPS) is 12.9. The number of benzene rings is 1. The van der Waals surface area contributed by atoms with Crippen molar-refractivity contribution in [3.05, 3.63) is 34.1 Å². The van der Waals surface area contributed by atoms with Crippen molar-refractivity contribution in [2.75, 3.05) is 19.8 Å². The van der Waals surface area contributed by atoms with E-state index in [1.54, 1.807) is 6.07 Å². The number of rotatable bonds is 8. The number of hydrogen-bond acceptors (Lipinski definition) is 2. The van der Waals surface area contributed by atoms with E-state index in [0.29, 0.717) is 18.1 Å². The van der Waals surface area contributed by atoms with Crippen LogP contribution in [-0.2, 0) is 4.74 Å². The van der Waals surface area contributed by atoms with E-state index in [4.69, 9.17) is 4.74 Å². The summed E-state index contributed by atoms with van der Waals surface area (Å²) in [6.07, 6.45) is 1.08. The second-order valence-electron chi connectivity index (χ2n) is 5.14. The molecule has 0 fully saturated rings. The van der Waals surface area contributed by atoms with E-state index >= 15 is 0 Å². The Morgan fingerprint density at radius 3 is 2.68 bits per heavy atom. The summed E-state index contributed by atoms with van der Waals surface area (Å²) in [4.78, 5) is 0. The van der Waals surface area contributed by atoms with Gasteiger partial charge in [0.1, 0.15) is 5.82 Å². The van der Waals surface area contributed by atoms with Gasteiger partial charge < -0.3 is 10.1 Å². The Morgan fingerprint density at radius 1 is 1.26 bits per heavy atom. The number of nitrogens with one attached hydrogen (secondary N) is 1. The minimum Gasteiger partial charge on any atom is -0.380 e. The largest absolute Gasteiger partial charge is 0.380 e. The highest BCUT2D eigenvalue weighted by atomic mass is 79.9. The molecule has 0 heterocycles. The first-order valence-electron chi connectivity index (χ1n) is 6.76. The first-order valence-corrected chi connectivity index (χ1v) is 7.56. The highest BCUT2D eigenvalue weighted by Gasteiger charge is 2.10. The van der Waals surface area contributed by atoms with Gasteiger partial charge in [-0.3, -0.25) is 0 Å². The maximum atomic E-state index is 13.6. The van der Waals surface area contributed by atoms with Crippen molar-refractivity contribution in [3.63, 3.8) is 0 Å². The third-order valence-electron chi connectivity index (χ3n) is 2.96. The first kappa shape index (κ1) is 16.6. The lowest BCUT2D eigenvalue weighted by Crippen LogP contribution is -2.24. The van der Waals surface area contributed by atoms with Gasteiger partial charge >= 0.3 is 0 Å². The predicted octanol–water partition coefficient (Wildman–Crippen LogP) is 4.30. The lowest BCUT2D eigenvalue weighted by Gasteiger charge is -2.15. The van der Waals surface area contributed by atoms with Crippen molar-refractivity contribution in [2.24, 2.45) is 5.92 Å². The minimum absolute atomic E-state index is 0.0220. The molecular weight excluding hydrogens is 309 g/mol. The van der Waals surface area contributed by atoms with Crippen LogP contribution in [0.15, 0.2) is 22.7 Å². The van der Waals surface area contributed by atoms with Crippen molar-refractivity contribution >= 4 is 15.9 Å². The molecule has 0 aromatic heterocycles. The van der Waals surface area contributed by atoms with E-state index in [2.05, 4.69) is 35.1 Å². The van der Waals surface area contributed by atoms with Crippen molar-refractivity contribution in [2.45, 2.75) is 33.2 Å². The molecule has 0 aliphatic heterocycles. The van der Waals surface area contributed by atoms with Crippen molar-refractivity contribution in [3.8, 4) is 0 Å². The Hall–Kier alpha value is -0.450. The smallest absolute Gasteiger partial charge is 0.128 e. The fourth-order valence-corrected chi connectivity index (χ4v) is 2.10. The van der Waals surface area contributed by atoms with Crippen LogP contribution in [0.1, 0.15) is 38.8 Å². The summed E-state index contributed by atoms with van der Waals surface area (Å²) in [6, 6.07) is 4.98. The van der Waals surface area contributed by atoms with Crippen molar-refractivity contribution in [1.82, 2.24) is 5.32 Å². The van der Waals surface area contributed by atoms with Gasteiger partial charge in [0.2, 0.25) is 0 Å². The van der Waals surface area contributed by atoms with Crippen LogP contribution in [0.25, 0.3) is 0 Å². The maximum Gasteiger partial charge on any atom is 0.128 e. The average molecular weight is 332 g/mol. The van der Waals surface area contributed by atoms with E-state index in [1.165, 1.54) is 6.07 Å². The van der Waals surface area contributed by atoms with Crippen molar-refractivity contribution < 1.29 is 9.13 Å². The zero-order valence-electron chi connectivity index (χ0n) is 11.9. The minimum atomic E-state index is -0.177. The molecule has 0 spiro atoms. The SMILES string of the molecule is CC(C)CCOCCNC(C)c1cc(Br)ccc1F. The van der Waals surface area contributed by atoms with Crippen LogP contribution >= 0.6 is 15.9 Å². The molecule has 0 radical (unpaired) electrons. The standard InChI is InChI=1S/C15H23BrFNO/c1-11(2)6-8-19-9-7-18-12(3)14-10-13(16)4-5-15(14)17/h4-5,10-12,18H,6-9H2,1-3H3. The molecule has 0 saturated carbocycles. The van der Waals surface area contributed by atoms with Crippen LogP contribution in [0.3, 0.4) is 0 Å². The molecule has 0 aliphatic rings. The number of hydrogen-bond donors (Lipinski definition) is 1. The summed E-state index contributed by atoms with van der Waals surface area (Å²) in [7, 11) is 0. The van der Waals surface area contributed by atoms with Gasteiger partial charge in [-0.1, -0.05) is 29.8 Å². The molecule has 0 amide bonds. The van der Waals surface area contributed by atoms with Crippen LogP contribution in [0.5, 0.6) is 0 Å².